The molecule has 1 heterocycles. The van der Waals surface area contributed by atoms with Crippen LogP contribution in [-0.2, 0) is 9.53 Å². The van der Waals surface area contributed by atoms with Gasteiger partial charge in [0.15, 0.2) is 17.6 Å². The normalized spacial score (nSPS) is 13.4. The lowest BCUT2D eigenvalue weighted by Crippen LogP contribution is -2.30. The lowest BCUT2D eigenvalue weighted by atomic mass is 10.2. The summed E-state index contributed by atoms with van der Waals surface area (Å²) < 4.78 is 21.7. The molecule has 1 aliphatic heterocycles. The summed E-state index contributed by atoms with van der Waals surface area (Å²) in [6.45, 7) is 5.10. The minimum absolute atomic E-state index is 0.350. The zero-order valence-corrected chi connectivity index (χ0v) is 15.9. The number of hydrogen-bond acceptors (Lipinski definition) is 6. The summed E-state index contributed by atoms with van der Waals surface area (Å²) in [5.74, 6) is 0.872. The second-order valence-corrected chi connectivity index (χ2v) is 6.27. The number of carbonyl (C=O) groups excluding carboxylic acids is 2. The highest BCUT2D eigenvalue weighted by Crippen LogP contribution is 2.32. The molecule has 2 aromatic carbocycles. The average Bonchev–Trinajstić information content (AvgIpc) is 2.72. The number of anilines is 1. The van der Waals surface area contributed by atoms with E-state index < -0.39 is 18.0 Å². The number of esters is 1. The molecule has 0 saturated heterocycles. The van der Waals surface area contributed by atoms with Crippen molar-refractivity contribution in [3.63, 3.8) is 0 Å². The molecule has 0 bridgehead atoms. The minimum Gasteiger partial charge on any atom is -0.494 e. The summed E-state index contributed by atoms with van der Waals surface area (Å²) in [6, 6.07) is 11.7. The number of carbonyl (C=O) groups is 2. The van der Waals surface area contributed by atoms with Crippen molar-refractivity contribution in [1.82, 2.24) is 0 Å². The van der Waals surface area contributed by atoms with Crippen LogP contribution in [0.3, 0.4) is 0 Å². The summed E-state index contributed by atoms with van der Waals surface area (Å²) in [4.78, 5) is 24.6. The van der Waals surface area contributed by atoms with Crippen LogP contribution < -0.4 is 19.5 Å². The summed E-state index contributed by atoms with van der Waals surface area (Å²) in [5, 5.41) is 2.71. The summed E-state index contributed by atoms with van der Waals surface area (Å²) in [7, 11) is 0. The summed E-state index contributed by atoms with van der Waals surface area (Å²) in [5.41, 5.74) is 0.886. The molecule has 7 heteroatoms. The second kappa shape index (κ2) is 9.12. The van der Waals surface area contributed by atoms with Gasteiger partial charge in [0, 0.05) is 11.8 Å². The van der Waals surface area contributed by atoms with Gasteiger partial charge in [-0.1, -0.05) is 6.92 Å². The Labute approximate surface area is 163 Å². The third-order valence-electron chi connectivity index (χ3n) is 4.03. The molecule has 0 saturated carbocycles. The lowest BCUT2D eigenvalue weighted by molar-refractivity contribution is -0.123. The fourth-order valence-corrected chi connectivity index (χ4v) is 2.55. The zero-order chi connectivity index (χ0) is 19.9. The first-order valence-electron chi connectivity index (χ1n) is 9.21. The molecule has 0 unspecified atom stereocenters. The van der Waals surface area contributed by atoms with Crippen molar-refractivity contribution >= 4 is 17.6 Å². The molecular weight excluding hydrogens is 362 g/mol. The standard InChI is InChI=1S/C21H23NO6/c1-3-10-25-17-7-4-15(5-8-17)21(24)28-14(2)20(23)22-16-6-9-18-19(13-16)27-12-11-26-18/h4-9,13-14H,3,10-12H2,1-2H3,(H,22,23)/t14-/m1/s1. The van der Waals surface area contributed by atoms with Crippen molar-refractivity contribution in [2.24, 2.45) is 0 Å². The van der Waals surface area contributed by atoms with E-state index >= 15 is 0 Å². The predicted molar refractivity (Wildman–Crippen MR) is 103 cm³/mol. The van der Waals surface area contributed by atoms with E-state index in [1.807, 2.05) is 6.92 Å². The smallest absolute Gasteiger partial charge is 0.338 e. The van der Waals surface area contributed by atoms with Crippen LogP contribution >= 0.6 is 0 Å². The van der Waals surface area contributed by atoms with Crippen LogP contribution in [0.15, 0.2) is 42.5 Å². The first-order valence-corrected chi connectivity index (χ1v) is 9.21. The molecule has 1 atom stereocenters. The number of rotatable bonds is 7. The highest BCUT2D eigenvalue weighted by Gasteiger charge is 2.20. The van der Waals surface area contributed by atoms with Gasteiger partial charge in [0.1, 0.15) is 19.0 Å². The third kappa shape index (κ3) is 4.94. The van der Waals surface area contributed by atoms with Crippen molar-refractivity contribution in [1.29, 1.82) is 0 Å². The van der Waals surface area contributed by atoms with Gasteiger partial charge in [-0.05, 0) is 49.7 Å². The minimum atomic E-state index is -0.961. The van der Waals surface area contributed by atoms with Crippen molar-refractivity contribution in [3.05, 3.63) is 48.0 Å². The number of amides is 1. The van der Waals surface area contributed by atoms with Gasteiger partial charge < -0.3 is 24.3 Å². The van der Waals surface area contributed by atoms with Gasteiger partial charge in [-0.25, -0.2) is 4.79 Å². The monoisotopic (exact) mass is 385 g/mol. The van der Waals surface area contributed by atoms with Crippen molar-refractivity contribution in [2.75, 3.05) is 25.1 Å². The fourth-order valence-electron chi connectivity index (χ4n) is 2.55. The van der Waals surface area contributed by atoms with E-state index in [2.05, 4.69) is 5.32 Å². The molecule has 7 nitrogen and oxygen atoms in total. The maximum Gasteiger partial charge on any atom is 0.338 e. The molecule has 1 amide bonds. The maximum atomic E-state index is 12.3. The van der Waals surface area contributed by atoms with Crippen LogP contribution in [0, 0.1) is 0 Å². The van der Waals surface area contributed by atoms with E-state index in [-0.39, 0.29) is 0 Å². The number of hydrogen-bond donors (Lipinski definition) is 1. The SMILES string of the molecule is CCCOc1ccc(C(=O)O[C@H](C)C(=O)Nc2ccc3c(c2)OCCO3)cc1. The Kier molecular flexibility index (Phi) is 6.37. The largest absolute Gasteiger partial charge is 0.494 e. The fraction of sp³-hybridized carbons (Fsp3) is 0.333. The average molecular weight is 385 g/mol. The lowest BCUT2D eigenvalue weighted by Gasteiger charge is -2.19. The van der Waals surface area contributed by atoms with E-state index in [9.17, 15) is 9.59 Å². The van der Waals surface area contributed by atoms with Gasteiger partial charge in [0.25, 0.3) is 5.91 Å². The van der Waals surface area contributed by atoms with Gasteiger partial charge in [0.05, 0.1) is 12.2 Å². The molecule has 3 rings (SSSR count). The highest BCUT2D eigenvalue weighted by molar-refractivity contribution is 5.97. The quantitative estimate of drug-likeness (QED) is 0.735. The van der Waals surface area contributed by atoms with E-state index in [0.717, 1.165) is 6.42 Å². The van der Waals surface area contributed by atoms with Gasteiger partial charge in [-0.15, -0.1) is 0 Å². The first-order chi connectivity index (χ1) is 13.6. The Morgan fingerprint density at radius 2 is 1.79 bits per heavy atom. The molecule has 0 aromatic heterocycles. The maximum absolute atomic E-state index is 12.3. The van der Waals surface area contributed by atoms with E-state index in [1.165, 1.54) is 6.92 Å². The number of benzene rings is 2. The van der Waals surface area contributed by atoms with Crippen molar-refractivity contribution in [3.8, 4) is 17.2 Å². The van der Waals surface area contributed by atoms with E-state index in [0.29, 0.717) is 48.3 Å². The van der Waals surface area contributed by atoms with Crippen LogP contribution in [0.5, 0.6) is 17.2 Å². The third-order valence-corrected chi connectivity index (χ3v) is 4.03. The first kappa shape index (κ1) is 19.5. The molecule has 0 fully saturated rings. The van der Waals surface area contributed by atoms with Crippen LogP contribution in [0.4, 0.5) is 5.69 Å². The Morgan fingerprint density at radius 3 is 2.50 bits per heavy atom. The highest BCUT2D eigenvalue weighted by atomic mass is 16.6. The van der Waals surface area contributed by atoms with Crippen LogP contribution in [0.1, 0.15) is 30.6 Å². The predicted octanol–water partition coefficient (Wildman–Crippen LogP) is 3.43. The zero-order valence-electron chi connectivity index (χ0n) is 15.9. The molecule has 148 valence electrons. The second-order valence-electron chi connectivity index (χ2n) is 6.27. The molecular formula is C21H23NO6. The van der Waals surface area contributed by atoms with Gasteiger partial charge in [0.2, 0.25) is 0 Å². The molecule has 0 spiro atoms. The van der Waals surface area contributed by atoms with Crippen molar-refractivity contribution < 1.29 is 28.5 Å². The Balaban J connectivity index is 1.55. The molecule has 0 radical (unpaired) electrons. The van der Waals surface area contributed by atoms with Gasteiger partial charge in [-0.2, -0.15) is 0 Å². The van der Waals surface area contributed by atoms with Crippen LogP contribution in [0.25, 0.3) is 0 Å². The molecule has 28 heavy (non-hydrogen) atoms. The number of nitrogens with one attached hydrogen (secondary N) is 1. The molecule has 2 aromatic rings. The summed E-state index contributed by atoms with van der Waals surface area (Å²) >= 11 is 0. The molecule has 1 N–H and O–H groups in total. The Hall–Kier alpha value is -3.22. The molecule has 1 aliphatic rings. The molecule has 0 aliphatic carbocycles. The summed E-state index contributed by atoms with van der Waals surface area (Å²) in [6.07, 6.45) is -0.0588. The van der Waals surface area contributed by atoms with E-state index in [4.69, 9.17) is 18.9 Å². The number of ether oxygens (including phenoxy) is 4. The van der Waals surface area contributed by atoms with Crippen LogP contribution in [0.2, 0.25) is 0 Å². The Bertz CT molecular complexity index is 833. The Morgan fingerprint density at radius 1 is 1.07 bits per heavy atom. The van der Waals surface area contributed by atoms with Crippen LogP contribution in [-0.4, -0.2) is 37.8 Å². The topological polar surface area (TPSA) is 83.1 Å². The number of fused-ring (bicyclic) bond motifs is 1. The van der Waals surface area contributed by atoms with Gasteiger partial charge >= 0.3 is 5.97 Å². The van der Waals surface area contributed by atoms with Crippen molar-refractivity contribution in [2.45, 2.75) is 26.4 Å². The van der Waals surface area contributed by atoms with E-state index in [1.54, 1.807) is 42.5 Å². The van der Waals surface area contributed by atoms with Gasteiger partial charge in [-0.3, -0.25) is 4.79 Å².